The topological polar surface area (TPSA) is 83.5 Å². The number of rotatable bonds is 3. The number of fused-ring (bicyclic) bond motifs is 1. The normalized spacial score (nSPS) is 24.3. The minimum Gasteiger partial charge on any atom is -0.481 e. The Morgan fingerprint density at radius 2 is 2.06 bits per heavy atom. The number of nitrogens with one attached hydrogen (secondary N) is 1. The van der Waals surface area contributed by atoms with Crippen LogP contribution in [0, 0.1) is 11.8 Å². The van der Waals surface area contributed by atoms with Gasteiger partial charge in [-0.3, -0.25) is 14.4 Å². The molecule has 5 nitrogen and oxygen atoms in total. The van der Waals surface area contributed by atoms with Crippen molar-refractivity contribution in [3.8, 4) is 0 Å². The molecule has 1 aromatic rings. The van der Waals surface area contributed by atoms with E-state index in [1.54, 1.807) is 18.2 Å². The smallest absolute Gasteiger partial charge is 0.307 e. The number of ketones is 1. The summed E-state index contributed by atoms with van der Waals surface area (Å²) in [4.78, 5) is 34.0. The van der Waals surface area contributed by atoms with Crippen molar-refractivity contribution < 1.29 is 19.5 Å². The summed E-state index contributed by atoms with van der Waals surface area (Å²) in [6.45, 7) is 0. The molecule has 0 radical (unpaired) electrons. The van der Waals surface area contributed by atoms with Gasteiger partial charge >= 0.3 is 5.97 Å². The molecule has 1 fully saturated rings. The highest BCUT2D eigenvalue weighted by Crippen LogP contribution is 2.41. The number of hydrogen-bond acceptors (Lipinski definition) is 3. The first-order valence-electron chi connectivity index (χ1n) is 5.76. The van der Waals surface area contributed by atoms with Crippen molar-refractivity contribution in [2.75, 3.05) is 5.32 Å². The minimum atomic E-state index is -0.911. The van der Waals surface area contributed by atoms with Crippen LogP contribution < -0.4 is 5.32 Å². The Morgan fingerprint density at radius 1 is 1.28 bits per heavy atom. The zero-order chi connectivity index (χ0) is 12.9. The van der Waals surface area contributed by atoms with Gasteiger partial charge in [-0.15, -0.1) is 0 Å². The van der Waals surface area contributed by atoms with Gasteiger partial charge in [0.25, 0.3) is 0 Å². The summed E-state index contributed by atoms with van der Waals surface area (Å²) in [7, 11) is 0. The number of hydrogen-bond donors (Lipinski definition) is 2. The van der Waals surface area contributed by atoms with Crippen molar-refractivity contribution in [1.29, 1.82) is 0 Å². The first kappa shape index (κ1) is 11.0. The highest BCUT2D eigenvalue weighted by Gasteiger charge is 2.48. The SMILES string of the molecule is O=C1Cc2cc(C(=O)[C@H]3C[C@H]3C(=O)O)ccc2N1. The van der Waals surface area contributed by atoms with Gasteiger partial charge in [0.05, 0.1) is 12.3 Å². The Labute approximate surface area is 103 Å². The van der Waals surface area contributed by atoms with Gasteiger partial charge in [0, 0.05) is 17.2 Å². The molecule has 0 saturated heterocycles. The Morgan fingerprint density at radius 3 is 2.72 bits per heavy atom. The molecule has 2 N–H and O–H groups in total. The summed E-state index contributed by atoms with van der Waals surface area (Å²) in [5.41, 5.74) is 2.04. The van der Waals surface area contributed by atoms with E-state index in [2.05, 4.69) is 5.32 Å². The molecular weight excluding hydrogens is 234 g/mol. The zero-order valence-corrected chi connectivity index (χ0v) is 9.47. The van der Waals surface area contributed by atoms with E-state index in [4.69, 9.17) is 5.11 Å². The summed E-state index contributed by atoms with van der Waals surface area (Å²) in [5.74, 6) is -2.06. The number of carbonyl (C=O) groups excluding carboxylic acids is 2. The van der Waals surface area contributed by atoms with Crippen molar-refractivity contribution in [3.05, 3.63) is 29.3 Å². The molecule has 5 heteroatoms. The van der Waals surface area contributed by atoms with Gasteiger partial charge in [0.15, 0.2) is 5.78 Å². The quantitative estimate of drug-likeness (QED) is 0.780. The lowest BCUT2D eigenvalue weighted by molar-refractivity contribution is -0.138. The molecule has 0 aromatic heterocycles. The van der Waals surface area contributed by atoms with Crippen LogP contribution >= 0.6 is 0 Å². The molecule has 1 heterocycles. The molecule has 1 aliphatic heterocycles. The van der Waals surface area contributed by atoms with Crippen molar-refractivity contribution in [3.63, 3.8) is 0 Å². The van der Waals surface area contributed by atoms with Gasteiger partial charge in [-0.05, 0) is 30.2 Å². The fourth-order valence-electron chi connectivity index (χ4n) is 2.35. The molecule has 0 bridgehead atoms. The molecule has 2 aliphatic rings. The molecule has 1 aromatic carbocycles. The Kier molecular flexibility index (Phi) is 2.23. The zero-order valence-electron chi connectivity index (χ0n) is 9.47. The van der Waals surface area contributed by atoms with Crippen LogP contribution in [0.25, 0.3) is 0 Å². The lowest BCUT2D eigenvalue weighted by Gasteiger charge is -2.02. The molecule has 92 valence electrons. The van der Waals surface area contributed by atoms with E-state index in [1.807, 2.05) is 0 Å². The van der Waals surface area contributed by atoms with Gasteiger partial charge < -0.3 is 10.4 Å². The average Bonchev–Trinajstić information content (AvgIpc) is 3.03. The maximum Gasteiger partial charge on any atom is 0.307 e. The molecule has 3 rings (SSSR count). The second-order valence-corrected chi connectivity index (χ2v) is 4.75. The van der Waals surface area contributed by atoms with Crippen molar-refractivity contribution >= 4 is 23.3 Å². The number of carboxylic acid groups (broad SMARTS) is 1. The molecule has 0 spiro atoms. The van der Waals surface area contributed by atoms with Crippen LogP contribution in [-0.4, -0.2) is 22.8 Å². The van der Waals surface area contributed by atoms with Crippen LogP contribution in [0.15, 0.2) is 18.2 Å². The second-order valence-electron chi connectivity index (χ2n) is 4.75. The lowest BCUT2D eigenvalue weighted by Crippen LogP contribution is -2.08. The Balaban J connectivity index is 1.82. The van der Waals surface area contributed by atoms with E-state index < -0.39 is 17.8 Å². The summed E-state index contributed by atoms with van der Waals surface area (Å²) in [6.07, 6.45) is 0.700. The third-order valence-electron chi connectivity index (χ3n) is 3.46. The third-order valence-corrected chi connectivity index (χ3v) is 3.46. The maximum absolute atomic E-state index is 12.0. The summed E-state index contributed by atoms with van der Waals surface area (Å²) >= 11 is 0. The molecule has 18 heavy (non-hydrogen) atoms. The Bertz CT molecular complexity index is 578. The van der Waals surface area contributed by atoms with Crippen LogP contribution in [0.1, 0.15) is 22.3 Å². The van der Waals surface area contributed by atoms with Crippen molar-refractivity contribution in [1.82, 2.24) is 0 Å². The van der Waals surface area contributed by atoms with Crippen LogP contribution in [0.2, 0.25) is 0 Å². The number of benzene rings is 1. The highest BCUT2D eigenvalue weighted by atomic mass is 16.4. The molecule has 1 amide bonds. The van der Waals surface area contributed by atoms with E-state index in [0.717, 1.165) is 11.3 Å². The van der Waals surface area contributed by atoms with E-state index >= 15 is 0 Å². The fraction of sp³-hybridized carbons (Fsp3) is 0.308. The molecule has 1 saturated carbocycles. The largest absolute Gasteiger partial charge is 0.481 e. The maximum atomic E-state index is 12.0. The summed E-state index contributed by atoms with van der Waals surface area (Å²) in [6, 6.07) is 5.03. The first-order valence-corrected chi connectivity index (χ1v) is 5.76. The molecule has 0 unspecified atom stereocenters. The van der Waals surface area contributed by atoms with Gasteiger partial charge in [-0.2, -0.15) is 0 Å². The van der Waals surface area contributed by atoms with E-state index in [-0.39, 0.29) is 18.1 Å². The molecule has 2 atom stereocenters. The predicted molar refractivity (Wildman–Crippen MR) is 62.3 cm³/mol. The standard InChI is InChI=1S/C13H11NO4/c15-11-4-7-3-6(1-2-10(7)14-11)12(16)8-5-9(8)13(17)18/h1-3,8-9H,4-5H2,(H,14,15)(H,17,18)/t8-,9+/m0/s1. The average molecular weight is 245 g/mol. The van der Waals surface area contributed by atoms with Gasteiger partial charge in [-0.25, -0.2) is 0 Å². The van der Waals surface area contributed by atoms with Crippen LogP contribution in [0.3, 0.4) is 0 Å². The lowest BCUT2D eigenvalue weighted by atomic mass is 10.0. The molecule has 1 aliphatic carbocycles. The van der Waals surface area contributed by atoms with Crippen LogP contribution in [0.5, 0.6) is 0 Å². The summed E-state index contributed by atoms with van der Waals surface area (Å²) in [5, 5.41) is 11.5. The highest BCUT2D eigenvalue weighted by molar-refractivity contribution is 6.05. The number of aliphatic carboxylic acids is 1. The first-order chi connectivity index (χ1) is 8.56. The van der Waals surface area contributed by atoms with Crippen molar-refractivity contribution in [2.24, 2.45) is 11.8 Å². The monoisotopic (exact) mass is 245 g/mol. The third kappa shape index (κ3) is 1.68. The van der Waals surface area contributed by atoms with Gasteiger partial charge in [0.1, 0.15) is 0 Å². The van der Waals surface area contributed by atoms with E-state index in [9.17, 15) is 14.4 Å². The second kappa shape index (κ2) is 3.66. The minimum absolute atomic E-state index is 0.0792. The van der Waals surface area contributed by atoms with Crippen LogP contribution in [-0.2, 0) is 16.0 Å². The van der Waals surface area contributed by atoms with Crippen LogP contribution in [0.4, 0.5) is 5.69 Å². The number of carbonyl (C=O) groups is 3. The van der Waals surface area contributed by atoms with E-state index in [1.165, 1.54) is 0 Å². The molecular formula is C13H11NO4. The number of amides is 1. The predicted octanol–water partition coefficient (Wildman–Crippen LogP) is 1.08. The summed E-state index contributed by atoms with van der Waals surface area (Å²) < 4.78 is 0. The number of carboxylic acids is 1. The Hall–Kier alpha value is -2.17. The number of anilines is 1. The van der Waals surface area contributed by atoms with E-state index in [0.29, 0.717) is 12.0 Å². The van der Waals surface area contributed by atoms with Gasteiger partial charge in [0.2, 0.25) is 5.91 Å². The fourth-order valence-corrected chi connectivity index (χ4v) is 2.35. The number of Topliss-reactive ketones (excluding diaryl/α,β-unsaturated/α-hetero) is 1. The van der Waals surface area contributed by atoms with Crippen molar-refractivity contribution in [2.45, 2.75) is 12.8 Å². The van der Waals surface area contributed by atoms with Gasteiger partial charge in [-0.1, -0.05) is 0 Å².